The third-order valence-electron chi connectivity index (χ3n) is 6.74. The van der Waals surface area contributed by atoms with E-state index >= 15 is 0 Å². The average Bonchev–Trinajstić information content (AvgIpc) is 2.86. The van der Waals surface area contributed by atoms with Crippen molar-refractivity contribution in [1.29, 1.82) is 0 Å². The van der Waals surface area contributed by atoms with Gasteiger partial charge in [0.25, 0.3) is 0 Å². The first kappa shape index (κ1) is 24.6. The predicted molar refractivity (Wildman–Crippen MR) is 135 cm³/mol. The highest BCUT2D eigenvalue weighted by molar-refractivity contribution is 5.23. The Morgan fingerprint density at radius 2 is 1.91 bits per heavy atom. The summed E-state index contributed by atoms with van der Waals surface area (Å²) in [6.45, 7) is 8.02. The van der Waals surface area contributed by atoms with Crippen molar-refractivity contribution in [2.45, 2.75) is 71.4 Å². The molecule has 0 amide bonds. The van der Waals surface area contributed by atoms with E-state index in [1.807, 2.05) is 0 Å². The fourth-order valence-electron chi connectivity index (χ4n) is 4.96. The molecule has 176 valence electrons. The molecule has 4 N–H and O–H groups in total. The van der Waals surface area contributed by atoms with Crippen molar-refractivity contribution < 1.29 is 5.11 Å². The van der Waals surface area contributed by atoms with Gasteiger partial charge in [-0.05, 0) is 62.5 Å². The maximum Gasteiger partial charge on any atom is 0.0983 e. The molecular weight excluding hydrogens is 394 g/mol. The Morgan fingerprint density at radius 3 is 2.66 bits per heavy atom. The van der Waals surface area contributed by atoms with Gasteiger partial charge in [0.1, 0.15) is 0 Å². The van der Waals surface area contributed by atoms with Gasteiger partial charge in [-0.2, -0.15) is 0 Å². The van der Waals surface area contributed by atoms with Crippen LogP contribution >= 0.6 is 0 Å². The minimum absolute atomic E-state index is 0.240. The van der Waals surface area contributed by atoms with Gasteiger partial charge in [0, 0.05) is 25.3 Å². The van der Waals surface area contributed by atoms with E-state index < -0.39 is 6.10 Å². The van der Waals surface area contributed by atoms with Crippen molar-refractivity contribution in [3.63, 3.8) is 0 Å². The van der Waals surface area contributed by atoms with E-state index in [1.54, 1.807) is 0 Å². The molecule has 0 bridgehead atoms. The number of benzene rings is 1. The molecule has 0 aromatic heterocycles. The lowest BCUT2D eigenvalue weighted by Gasteiger charge is -2.30. The number of hydrogen-bond acceptors (Lipinski definition) is 4. The minimum Gasteiger partial charge on any atom is -0.387 e. The van der Waals surface area contributed by atoms with E-state index in [9.17, 15) is 5.11 Å². The molecule has 1 aromatic rings. The fraction of sp³-hybridized carbons (Fsp3) is 0.571. The number of likely N-dealkylation sites (N-methyl/N-ethyl adjacent to an activating group) is 1. The van der Waals surface area contributed by atoms with Gasteiger partial charge in [-0.25, -0.2) is 0 Å². The van der Waals surface area contributed by atoms with Crippen molar-refractivity contribution in [2.24, 2.45) is 11.8 Å². The van der Waals surface area contributed by atoms with E-state index in [4.69, 9.17) is 0 Å². The van der Waals surface area contributed by atoms with Crippen LogP contribution in [0.3, 0.4) is 0 Å². The van der Waals surface area contributed by atoms with Gasteiger partial charge >= 0.3 is 0 Å². The molecule has 3 atom stereocenters. The molecule has 0 spiro atoms. The van der Waals surface area contributed by atoms with E-state index in [2.05, 4.69) is 78.4 Å². The number of rotatable bonds is 10. The molecule has 0 aliphatic heterocycles. The summed E-state index contributed by atoms with van der Waals surface area (Å²) in [5.41, 5.74) is 4.93. The van der Waals surface area contributed by atoms with Crippen LogP contribution in [0.25, 0.3) is 0 Å². The van der Waals surface area contributed by atoms with Crippen LogP contribution in [0.2, 0.25) is 0 Å². The lowest BCUT2D eigenvalue weighted by atomic mass is 9.82. The molecule has 0 saturated heterocycles. The summed E-state index contributed by atoms with van der Waals surface area (Å²) in [7, 11) is 0. The van der Waals surface area contributed by atoms with Gasteiger partial charge < -0.3 is 21.1 Å². The number of nitrogens with one attached hydrogen (secondary N) is 3. The van der Waals surface area contributed by atoms with Crippen molar-refractivity contribution in [3.05, 3.63) is 71.1 Å². The Kier molecular flexibility index (Phi) is 10.4. The molecule has 3 unspecified atom stereocenters. The van der Waals surface area contributed by atoms with E-state index in [0.29, 0.717) is 5.92 Å². The van der Waals surface area contributed by atoms with Gasteiger partial charge in [0.2, 0.25) is 0 Å². The number of aliphatic hydroxyl groups is 1. The maximum atomic E-state index is 11.7. The number of aliphatic hydroxyl groups excluding tert-OH is 1. The standard InChI is InChI=1S/C28H43N3O/c1-3-29-17-18-30-26-16-10-11-22(2)19-25(20-23-12-6-4-7-13-23)28(32)27(26)31-21-24-14-8-5-9-15-24/h4-6,8-9,12,14-15,22,25,28-32H,3,7,10-11,13,16-21H2,1-2H3/b27-26-. The molecule has 4 nitrogen and oxygen atoms in total. The van der Waals surface area contributed by atoms with Crippen LogP contribution < -0.4 is 16.0 Å². The summed E-state index contributed by atoms with van der Waals surface area (Å²) >= 11 is 0. The molecule has 32 heavy (non-hydrogen) atoms. The molecule has 0 saturated carbocycles. The first-order valence-corrected chi connectivity index (χ1v) is 12.7. The van der Waals surface area contributed by atoms with E-state index in [1.165, 1.54) is 23.3 Å². The predicted octanol–water partition coefficient (Wildman–Crippen LogP) is 5.04. The zero-order chi connectivity index (χ0) is 22.6. The van der Waals surface area contributed by atoms with Crippen LogP contribution in [-0.2, 0) is 6.54 Å². The zero-order valence-corrected chi connectivity index (χ0v) is 20.1. The van der Waals surface area contributed by atoms with Crippen molar-refractivity contribution >= 4 is 0 Å². The van der Waals surface area contributed by atoms with Crippen LogP contribution in [0.15, 0.2) is 65.5 Å². The second-order valence-corrected chi connectivity index (χ2v) is 9.45. The zero-order valence-electron chi connectivity index (χ0n) is 20.1. The maximum absolute atomic E-state index is 11.7. The van der Waals surface area contributed by atoms with Crippen molar-refractivity contribution in [1.82, 2.24) is 16.0 Å². The first-order valence-electron chi connectivity index (χ1n) is 12.7. The molecule has 4 heteroatoms. The van der Waals surface area contributed by atoms with E-state index in [0.717, 1.165) is 70.4 Å². The van der Waals surface area contributed by atoms with Crippen LogP contribution in [0, 0.1) is 11.8 Å². The average molecular weight is 438 g/mol. The Morgan fingerprint density at radius 1 is 1.06 bits per heavy atom. The van der Waals surface area contributed by atoms with Crippen LogP contribution in [0.5, 0.6) is 0 Å². The molecule has 2 aliphatic rings. The largest absolute Gasteiger partial charge is 0.387 e. The monoisotopic (exact) mass is 437 g/mol. The molecule has 3 rings (SSSR count). The Labute approximate surface area is 195 Å². The van der Waals surface area contributed by atoms with E-state index in [-0.39, 0.29) is 5.92 Å². The Hall–Kier alpha value is -2.04. The Bertz CT molecular complexity index is 768. The molecule has 0 heterocycles. The van der Waals surface area contributed by atoms with Crippen molar-refractivity contribution in [2.75, 3.05) is 19.6 Å². The summed E-state index contributed by atoms with van der Waals surface area (Å²) in [6.07, 6.45) is 13.9. The van der Waals surface area contributed by atoms with Crippen LogP contribution in [-0.4, -0.2) is 30.8 Å². The Balaban J connectivity index is 1.83. The molecule has 2 aliphatic carbocycles. The summed E-state index contributed by atoms with van der Waals surface area (Å²) in [5.74, 6) is 0.871. The van der Waals surface area contributed by atoms with Gasteiger partial charge in [-0.3, -0.25) is 0 Å². The van der Waals surface area contributed by atoms with Crippen LogP contribution in [0.1, 0.15) is 64.4 Å². The summed E-state index contributed by atoms with van der Waals surface area (Å²) in [6, 6.07) is 10.5. The van der Waals surface area contributed by atoms with Crippen molar-refractivity contribution in [3.8, 4) is 0 Å². The highest BCUT2D eigenvalue weighted by Gasteiger charge is 2.29. The highest BCUT2D eigenvalue weighted by Crippen LogP contribution is 2.33. The third-order valence-corrected chi connectivity index (χ3v) is 6.74. The van der Waals surface area contributed by atoms with Crippen LogP contribution in [0.4, 0.5) is 0 Å². The first-order chi connectivity index (χ1) is 15.7. The van der Waals surface area contributed by atoms with Gasteiger partial charge in [0.05, 0.1) is 11.8 Å². The fourth-order valence-corrected chi connectivity index (χ4v) is 4.96. The lowest BCUT2D eigenvalue weighted by molar-refractivity contribution is 0.116. The molecule has 0 radical (unpaired) electrons. The second kappa shape index (κ2) is 13.5. The second-order valence-electron chi connectivity index (χ2n) is 9.45. The summed E-state index contributed by atoms with van der Waals surface area (Å²) in [4.78, 5) is 0. The smallest absolute Gasteiger partial charge is 0.0983 e. The number of allylic oxidation sites excluding steroid dienone is 5. The highest BCUT2D eigenvalue weighted by atomic mass is 16.3. The molecular formula is C28H43N3O. The minimum atomic E-state index is -0.479. The summed E-state index contributed by atoms with van der Waals surface area (Å²) < 4.78 is 0. The molecule has 1 aromatic carbocycles. The van der Waals surface area contributed by atoms with Gasteiger partial charge in [-0.1, -0.05) is 74.4 Å². The quantitative estimate of drug-likeness (QED) is 0.387. The molecule has 0 fully saturated rings. The topological polar surface area (TPSA) is 56.3 Å². The normalized spacial score (nSPS) is 26.6. The lowest BCUT2D eigenvalue weighted by Crippen LogP contribution is -2.36. The third kappa shape index (κ3) is 7.83. The summed E-state index contributed by atoms with van der Waals surface area (Å²) in [5, 5.41) is 22.5. The SMILES string of the molecule is CCNCCN/C1=C(\NCc2ccccc2)C(O)C(CC2=CC=CCC2)CC(C)CCC1. The van der Waals surface area contributed by atoms with Gasteiger partial charge in [-0.15, -0.1) is 0 Å². The van der Waals surface area contributed by atoms with Gasteiger partial charge in [0.15, 0.2) is 0 Å². The number of hydrogen-bond donors (Lipinski definition) is 4.